The summed E-state index contributed by atoms with van der Waals surface area (Å²) in [4.78, 5) is 18.9. The summed E-state index contributed by atoms with van der Waals surface area (Å²) in [7, 11) is 1.52. The zero-order chi connectivity index (χ0) is 16.0. The second kappa shape index (κ2) is 4.95. The number of nitrogens with one attached hydrogen (secondary N) is 1. The molecule has 4 rings (SSSR count). The number of halogens is 1. The molecule has 6 heteroatoms. The van der Waals surface area contributed by atoms with Crippen molar-refractivity contribution in [3.8, 4) is 17.0 Å². The van der Waals surface area contributed by atoms with Gasteiger partial charge in [0.25, 0.3) is 5.56 Å². The summed E-state index contributed by atoms with van der Waals surface area (Å²) in [6.45, 7) is 0. The van der Waals surface area contributed by atoms with Crippen LogP contribution in [0.15, 0.2) is 53.7 Å². The first kappa shape index (κ1) is 13.5. The Kier molecular flexibility index (Phi) is 2.90. The van der Waals surface area contributed by atoms with Crippen LogP contribution in [0.4, 0.5) is 4.39 Å². The van der Waals surface area contributed by atoms with Crippen molar-refractivity contribution in [1.82, 2.24) is 14.4 Å². The summed E-state index contributed by atoms with van der Waals surface area (Å²) >= 11 is 0. The molecule has 0 spiro atoms. The molecule has 0 unspecified atom stereocenters. The van der Waals surface area contributed by atoms with Crippen LogP contribution in [-0.4, -0.2) is 21.5 Å². The third kappa shape index (κ3) is 2.07. The number of imidazole rings is 1. The van der Waals surface area contributed by atoms with Crippen molar-refractivity contribution >= 4 is 16.4 Å². The lowest BCUT2D eigenvalue weighted by Crippen LogP contribution is -2.06. The molecule has 1 aromatic carbocycles. The highest BCUT2D eigenvalue weighted by atomic mass is 19.1. The molecule has 0 aliphatic heterocycles. The number of aromatic amines is 1. The first-order valence-electron chi connectivity index (χ1n) is 7.00. The van der Waals surface area contributed by atoms with Gasteiger partial charge in [0.2, 0.25) is 0 Å². The minimum Gasteiger partial charge on any atom is -0.496 e. The third-order valence-corrected chi connectivity index (χ3v) is 3.83. The number of hydrogen-bond donors (Lipinski definition) is 1. The zero-order valence-corrected chi connectivity index (χ0v) is 12.2. The molecule has 5 nitrogen and oxygen atoms in total. The van der Waals surface area contributed by atoms with E-state index in [1.807, 2.05) is 12.1 Å². The van der Waals surface area contributed by atoms with Gasteiger partial charge in [-0.05, 0) is 29.7 Å². The average molecular weight is 309 g/mol. The smallest absolute Gasteiger partial charge is 0.259 e. The molecule has 1 N–H and O–H groups in total. The van der Waals surface area contributed by atoms with Crippen LogP contribution >= 0.6 is 0 Å². The lowest BCUT2D eigenvalue weighted by molar-refractivity contribution is 0.419. The van der Waals surface area contributed by atoms with E-state index >= 15 is 0 Å². The van der Waals surface area contributed by atoms with Crippen LogP contribution in [0.25, 0.3) is 27.7 Å². The van der Waals surface area contributed by atoms with Crippen LogP contribution in [0.3, 0.4) is 0 Å². The van der Waals surface area contributed by atoms with Gasteiger partial charge in [-0.15, -0.1) is 0 Å². The largest absolute Gasteiger partial charge is 0.496 e. The third-order valence-electron chi connectivity index (χ3n) is 3.83. The van der Waals surface area contributed by atoms with Gasteiger partial charge in [0, 0.05) is 24.0 Å². The highest BCUT2D eigenvalue weighted by Gasteiger charge is 2.12. The molecule has 0 aliphatic carbocycles. The highest BCUT2D eigenvalue weighted by molar-refractivity contribution is 5.91. The highest BCUT2D eigenvalue weighted by Crippen LogP contribution is 2.30. The Morgan fingerprint density at radius 1 is 1.26 bits per heavy atom. The van der Waals surface area contributed by atoms with Gasteiger partial charge in [0.05, 0.1) is 24.4 Å². The Balaban J connectivity index is 2.03. The summed E-state index contributed by atoms with van der Waals surface area (Å²) < 4.78 is 20.5. The first-order chi connectivity index (χ1) is 11.2. The number of ether oxygens (including phenoxy) is 1. The fraction of sp³-hybridized carbons (Fsp3) is 0.0588. The number of rotatable bonds is 2. The summed E-state index contributed by atoms with van der Waals surface area (Å²) in [6, 6.07) is 8.23. The Morgan fingerprint density at radius 2 is 2.13 bits per heavy atom. The van der Waals surface area contributed by atoms with Crippen molar-refractivity contribution in [2.24, 2.45) is 0 Å². The lowest BCUT2D eigenvalue weighted by Gasteiger charge is -2.08. The maximum Gasteiger partial charge on any atom is 0.259 e. The molecule has 0 amide bonds. The molecule has 0 atom stereocenters. The van der Waals surface area contributed by atoms with E-state index in [1.165, 1.54) is 19.2 Å². The normalized spacial score (nSPS) is 11.2. The van der Waals surface area contributed by atoms with E-state index in [9.17, 15) is 9.18 Å². The summed E-state index contributed by atoms with van der Waals surface area (Å²) in [5.41, 5.74) is 1.94. The van der Waals surface area contributed by atoms with Gasteiger partial charge >= 0.3 is 0 Å². The fourth-order valence-electron chi connectivity index (χ4n) is 2.77. The number of nitrogens with zero attached hydrogens (tertiary/aromatic N) is 2. The van der Waals surface area contributed by atoms with Crippen molar-refractivity contribution in [2.75, 3.05) is 7.11 Å². The average Bonchev–Trinajstić information content (AvgIpc) is 2.97. The molecule has 0 saturated heterocycles. The molecule has 0 aliphatic rings. The number of pyridine rings is 2. The maximum absolute atomic E-state index is 13.3. The predicted molar refractivity (Wildman–Crippen MR) is 85.3 cm³/mol. The van der Waals surface area contributed by atoms with Gasteiger partial charge in [-0.1, -0.05) is 0 Å². The van der Waals surface area contributed by atoms with Gasteiger partial charge in [-0.2, -0.15) is 0 Å². The maximum atomic E-state index is 13.3. The van der Waals surface area contributed by atoms with Gasteiger partial charge in [0.15, 0.2) is 0 Å². The zero-order valence-electron chi connectivity index (χ0n) is 12.2. The van der Waals surface area contributed by atoms with E-state index in [4.69, 9.17) is 4.74 Å². The number of H-pyrrole nitrogens is 1. The van der Waals surface area contributed by atoms with Crippen LogP contribution in [0.2, 0.25) is 0 Å². The van der Waals surface area contributed by atoms with Gasteiger partial charge < -0.3 is 9.72 Å². The second-order valence-electron chi connectivity index (χ2n) is 5.17. The monoisotopic (exact) mass is 309 g/mol. The van der Waals surface area contributed by atoms with E-state index in [0.717, 1.165) is 16.6 Å². The van der Waals surface area contributed by atoms with E-state index in [2.05, 4.69) is 9.97 Å². The molecule has 23 heavy (non-hydrogen) atoms. The van der Waals surface area contributed by atoms with Crippen LogP contribution in [0, 0.1) is 5.82 Å². The van der Waals surface area contributed by atoms with Gasteiger partial charge in [0.1, 0.15) is 17.2 Å². The Labute approximate surface area is 130 Å². The van der Waals surface area contributed by atoms with Crippen LogP contribution in [0.1, 0.15) is 0 Å². The van der Waals surface area contributed by atoms with E-state index in [0.29, 0.717) is 16.8 Å². The molecule has 4 aromatic rings. The van der Waals surface area contributed by atoms with Crippen LogP contribution in [-0.2, 0) is 0 Å². The van der Waals surface area contributed by atoms with Crippen molar-refractivity contribution in [2.45, 2.75) is 0 Å². The molecule has 3 aromatic heterocycles. The number of fused-ring (bicyclic) bond motifs is 2. The predicted octanol–water partition coefficient (Wildman–Crippen LogP) is 2.99. The van der Waals surface area contributed by atoms with Crippen molar-refractivity contribution in [3.05, 3.63) is 65.1 Å². The Bertz CT molecular complexity index is 1100. The van der Waals surface area contributed by atoms with Gasteiger partial charge in [-0.25, -0.2) is 9.37 Å². The van der Waals surface area contributed by atoms with Crippen molar-refractivity contribution < 1.29 is 9.13 Å². The molecular formula is C17H12FN3O2. The molecule has 0 saturated carbocycles. The van der Waals surface area contributed by atoms with E-state index in [-0.39, 0.29) is 11.4 Å². The quantitative estimate of drug-likeness (QED) is 0.619. The molecule has 114 valence electrons. The number of aromatic nitrogens is 3. The minimum atomic E-state index is -0.336. The molecular weight excluding hydrogens is 297 g/mol. The summed E-state index contributed by atoms with van der Waals surface area (Å²) in [5.74, 6) is 0.147. The molecule has 0 radical (unpaired) electrons. The van der Waals surface area contributed by atoms with Crippen LogP contribution < -0.4 is 10.3 Å². The van der Waals surface area contributed by atoms with Crippen molar-refractivity contribution in [3.63, 3.8) is 0 Å². The summed E-state index contributed by atoms with van der Waals surface area (Å²) in [5, 5.41) is 1.26. The lowest BCUT2D eigenvalue weighted by atomic mass is 10.1. The summed E-state index contributed by atoms with van der Waals surface area (Å²) in [6.07, 6.45) is 4.89. The standard InChI is InChI=1S/C17H12FN3O2/c1-23-14-7-11(6-10-2-4-19-17(22)16(10)14)13-9-20-15-8-12(18)3-5-21(13)15/h2-9H,1H3,(H,19,22). The Hall–Kier alpha value is -3.15. The molecule has 3 heterocycles. The molecule has 0 bridgehead atoms. The Morgan fingerprint density at radius 3 is 2.96 bits per heavy atom. The first-order valence-corrected chi connectivity index (χ1v) is 7.00. The van der Waals surface area contributed by atoms with E-state index in [1.54, 1.807) is 29.1 Å². The minimum absolute atomic E-state index is 0.203. The van der Waals surface area contributed by atoms with Crippen LogP contribution in [0.5, 0.6) is 5.75 Å². The topological polar surface area (TPSA) is 59.4 Å². The number of benzene rings is 1. The second-order valence-corrected chi connectivity index (χ2v) is 5.17. The number of methoxy groups -OCH3 is 1. The van der Waals surface area contributed by atoms with Gasteiger partial charge in [-0.3, -0.25) is 9.20 Å². The van der Waals surface area contributed by atoms with Crippen molar-refractivity contribution in [1.29, 1.82) is 0 Å². The number of hydrogen-bond acceptors (Lipinski definition) is 3. The van der Waals surface area contributed by atoms with E-state index < -0.39 is 0 Å². The molecule has 0 fully saturated rings. The SMILES string of the molecule is COc1cc(-c2cnc3cc(F)ccn23)cc2cc[nH]c(=O)c12. The fourth-order valence-corrected chi connectivity index (χ4v) is 2.77.